The third kappa shape index (κ3) is 3.58. The van der Waals surface area contributed by atoms with Gasteiger partial charge in [-0.2, -0.15) is 0 Å². The van der Waals surface area contributed by atoms with Crippen LogP contribution in [0.3, 0.4) is 0 Å². The van der Waals surface area contributed by atoms with E-state index in [1.165, 1.54) is 10.6 Å². The number of aryl methyl sites for hydroxylation is 1. The Labute approximate surface area is 88.5 Å². The lowest BCUT2D eigenvalue weighted by Crippen LogP contribution is -2.24. The van der Waals surface area contributed by atoms with Gasteiger partial charge in [0, 0.05) is 12.3 Å². The molecule has 0 saturated heterocycles. The van der Waals surface area contributed by atoms with Crippen molar-refractivity contribution in [2.24, 2.45) is 0 Å². The van der Waals surface area contributed by atoms with Crippen molar-refractivity contribution >= 4 is 5.97 Å². The molecule has 0 radical (unpaired) electrons. The number of hydrogen-bond acceptors (Lipinski definition) is 3. The summed E-state index contributed by atoms with van der Waals surface area (Å²) in [4.78, 5) is 22.6. The molecule has 0 unspecified atom stereocenters. The van der Waals surface area contributed by atoms with Crippen LogP contribution >= 0.6 is 0 Å². The van der Waals surface area contributed by atoms with Crippen LogP contribution in [0.5, 0.6) is 0 Å². The minimum absolute atomic E-state index is 0.0148. The average molecular weight is 209 g/mol. The summed E-state index contributed by atoms with van der Waals surface area (Å²) in [5, 5.41) is 0. The van der Waals surface area contributed by atoms with Gasteiger partial charge < -0.3 is 9.30 Å². The van der Waals surface area contributed by atoms with E-state index in [9.17, 15) is 9.59 Å². The first-order valence-electron chi connectivity index (χ1n) is 4.96. The van der Waals surface area contributed by atoms with Crippen LogP contribution in [0.1, 0.15) is 18.9 Å². The van der Waals surface area contributed by atoms with Crippen LogP contribution in [-0.4, -0.2) is 17.1 Å². The second kappa shape index (κ2) is 5.34. The zero-order valence-electron chi connectivity index (χ0n) is 9.03. The predicted molar refractivity (Wildman–Crippen MR) is 56.7 cm³/mol. The Hall–Kier alpha value is -1.58. The number of carbonyl (C=O) groups excluding carboxylic acids is 1. The lowest BCUT2D eigenvalue weighted by molar-refractivity contribution is -0.144. The predicted octanol–water partition coefficient (Wildman–Crippen LogP) is 1.11. The Morgan fingerprint density at radius 2 is 2.27 bits per heavy atom. The number of esters is 1. The highest BCUT2D eigenvalue weighted by Crippen LogP contribution is 1.92. The highest BCUT2D eigenvalue weighted by Gasteiger charge is 2.04. The monoisotopic (exact) mass is 209 g/mol. The van der Waals surface area contributed by atoms with Crippen LogP contribution in [-0.2, 0) is 16.1 Å². The van der Waals surface area contributed by atoms with Crippen LogP contribution in [0.4, 0.5) is 0 Å². The van der Waals surface area contributed by atoms with Gasteiger partial charge in [-0.15, -0.1) is 0 Å². The van der Waals surface area contributed by atoms with Crippen LogP contribution in [0.25, 0.3) is 0 Å². The number of carbonyl (C=O) groups is 1. The van der Waals surface area contributed by atoms with E-state index in [0.717, 1.165) is 12.0 Å². The molecular weight excluding hydrogens is 194 g/mol. The average Bonchev–Trinajstić information content (AvgIpc) is 2.19. The Balaban J connectivity index is 2.65. The number of nitrogens with zero attached hydrogens (tertiary/aromatic N) is 1. The van der Waals surface area contributed by atoms with Gasteiger partial charge in [-0.05, 0) is 25.0 Å². The van der Waals surface area contributed by atoms with Crippen molar-refractivity contribution in [1.29, 1.82) is 0 Å². The molecule has 0 amide bonds. The Morgan fingerprint density at radius 3 is 2.87 bits per heavy atom. The minimum Gasteiger partial charge on any atom is -0.464 e. The Morgan fingerprint density at radius 1 is 1.53 bits per heavy atom. The zero-order chi connectivity index (χ0) is 11.3. The van der Waals surface area contributed by atoms with Crippen LogP contribution < -0.4 is 5.56 Å². The first kappa shape index (κ1) is 11.5. The van der Waals surface area contributed by atoms with Gasteiger partial charge in [0.1, 0.15) is 6.54 Å². The molecule has 0 atom stereocenters. The lowest BCUT2D eigenvalue weighted by atomic mass is 10.3. The van der Waals surface area contributed by atoms with Gasteiger partial charge in [0.25, 0.3) is 5.56 Å². The number of pyridine rings is 1. The maximum absolute atomic E-state index is 11.4. The highest BCUT2D eigenvalue weighted by molar-refractivity contribution is 5.69. The number of ether oxygens (including phenoxy) is 1. The molecular formula is C11H15NO3. The summed E-state index contributed by atoms with van der Waals surface area (Å²) < 4.78 is 6.22. The van der Waals surface area contributed by atoms with Gasteiger partial charge in [0.15, 0.2) is 0 Å². The Bertz CT molecular complexity index is 395. The molecule has 4 nitrogen and oxygen atoms in total. The summed E-state index contributed by atoms with van der Waals surface area (Å²) in [6, 6.07) is 3.28. The van der Waals surface area contributed by atoms with Crippen molar-refractivity contribution in [3.63, 3.8) is 0 Å². The molecule has 1 aromatic rings. The largest absolute Gasteiger partial charge is 0.464 e. The fourth-order valence-electron chi connectivity index (χ4n) is 1.14. The molecule has 0 spiro atoms. The van der Waals surface area contributed by atoms with E-state index >= 15 is 0 Å². The van der Waals surface area contributed by atoms with Gasteiger partial charge >= 0.3 is 5.97 Å². The van der Waals surface area contributed by atoms with E-state index in [4.69, 9.17) is 4.74 Å². The van der Waals surface area contributed by atoms with Crippen molar-refractivity contribution in [1.82, 2.24) is 4.57 Å². The van der Waals surface area contributed by atoms with Crippen LogP contribution in [0.2, 0.25) is 0 Å². The van der Waals surface area contributed by atoms with E-state index in [1.807, 2.05) is 13.8 Å². The quantitative estimate of drug-likeness (QED) is 0.698. The van der Waals surface area contributed by atoms with Crippen LogP contribution in [0, 0.1) is 6.92 Å². The van der Waals surface area contributed by atoms with Gasteiger partial charge in [0.2, 0.25) is 0 Å². The molecule has 0 aliphatic rings. The molecule has 1 rings (SSSR count). The fourth-order valence-corrected chi connectivity index (χ4v) is 1.14. The minimum atomic E-state index is -0.372. The molecule has 4 heteroatoms. The zero-order valence-corrected chi connectivity index (χ0v) is 9.03. The molecule has 0 aliphatic carbocycles. The summed E-state index contributed by atoms with van der Waals surface area (Å²) in [5.74, 6) is -0.372. The van der Waals surface area contributed by atoms with E-state index in [1.54, 1.807) is 12.3 Å². The topological polar surface area (TPSA) is 48.3 Å². The molecule has 0 N–H and O–H groups in total. The van der Waals surface area contributed by atoms with Crippen molar-refractivity contribution in [2.45, 2.75) is 26.8 Å². The molecule has 0 aromatic carbocycles. The highest BCUT2D eigenvalue weighted by atomic mass is 16.5. The molecule has 1 heterocycles. The second-order valence-electron chi connectivity index (χ2n) is 3.39. The van der Waals surface area contributed by atoms with Crippen LogP contribution in [0.15, 0.2) is 23.1 Å². The normalized spacial score (nSPS) is 10.0. The molecule has 82 valence electrons. The van der Waals surface area contributed by atoms with Crippen molar-refractivity contribution < 1.29 is 9.53 Å². The molecule has 0 aliphatic heterocycles. The molecule has 0 saturated carbocycles. The number of rotatable bonds is 4. The summed E-state index contributed by atoms with van der Waals surface area (Å²) in [5.41, 5.74) is 0.710. The summed E-state index contributed by atoms with van der Waals surface area (Å²) in [6.45, 7) is 4.14. The summed E-state index contributed by atoms with van der Waals surface area (Å²) in [7, 11) is 0. The van der Waals surface area contributed by atoms with Crippen molar-refractivity contribution in [3.8, 4) is 0 Å². The van der Waals surface area contributed by atoms with E-state index in [2.05, 4.69) is 0 Å². The summed E-state index contributed by atoms with van der Waals surface area (Å²) in [6.07, 6.45) is 2.39. The third-order valence-electron chi connectivity index (χ3n) is 1.92. The molecule has 0 bridgehead atoms. The van der Waals surface area contributed by atoms with E-state index in [-0.39, 0.29) is 18.1 Å². The van der Waals surface area contributed by atoms with Gasteiger partial charge in [-0.25, -0.2) is 0 Å². The van der Waals surface area contributed by atoms with Gasteiger partial charge in [0.05, 0.1) is 6.61 Å². The molecule has 0 fully saturated rings. The lowest BCUT2D eigenvalue weighted by Gasteiger charge is -2.05. The standard InChI is InChI=1S/C11H15NO3/c1-3-6-15-11(14)8-12-5-4-9(2)7-10(12)13/h4-5,7H,3,6,8H2,1-2H3. The molecule has 1 aromatic heterocycles. The van der Waals surface area contributed by atoms with Gasteiger partial charge in [-0.3, -0.25) is 9.59 Å². The van der Waals surface area contributed by atoms with E-state index < -0.39 is 0 Å². The van der Waals surface area contributed by atoms with Crippen molar-refractivity contribution in [3.05, 3.63) is 34.2 Å². The first-order chi connectivity index (χ1) is 7.13. The number of aromatic nitrogens is 1. The SMILES string of the molecule is CCCOC(=O)Cn1ccc(C)cc1=O. The van der Waals surface area contributed by atoms with E-state index in [0.29, 0.717) is 6.61 Å². The fraction of sp³-hybridized carbons (Fsp3) is 0.455. The van der Waals surface area contributed by atoms with Gasteiger partial charge in [-0.1, -0.05) is 6.92 Å². The Kier molecular flexibility index (Phi) is 4.09. The first-order valence-corrected chi connectivity index (χ1v) is 4.96. The second-order valence-corrected chi connectivity index (χ2v) is 3.39. The summed E-state index contributed by atoms with van der Waals surface area (Å²) >= 11 is 0. The smallest absolute Gasteiger partial charge is 0.326 e. The number of hydrogen-bond donors (Lipinski definition) is 0. The van der Waals surface area contributed by atoms with Crippen molar-refractivity contribution in [2.75, 3.05) is 6.61 Å². The molecule has 15 heavy (non-hydrogen) atoms. The third-order valence-corrected chi connectivity index (χ3v) is 1.92. The maximum Gasteiger partial charge on any atom is 0.326 e. The maximum atomic E-state index is 11.4.